The molecule has 0 aliphatic rings. The smallest absolute Gasteiger partial charge is 0.255 e. The average molecular weight is 459 g/mol. The summed E-state index contributed by atoms with van der Waals surface area (Å²) in [6, 6.07) is 11.2. The fraction of sp³-hybridized carbons (Fsp3) is 0.308. The Balaban J connectivity index is 1.63. The van der Waals surface area contributed by atoms with E-state index in [1.54, 1.807) is 21.6 Å². The number of aryl methyl sites for hydroxylation is 2. The number of carbonyl (C=O) groups excluding carboxylic acids is 1. The molecule has 1 amide bonds. The standard InChI is InChI=1S/C26H30N6O2/c1-16-7-8-21(28-25(34)19-9-18(15-33)10-20(11-19)26(3,4)5)12-24(16)32-14-23(29-30-32)22-13-27-31(6)17(22)2/h7-14,33H,15H2,1-6H3,(H,28,34). The Hall–Kier alpha value is -3.78. The molecule has 2 heterocycles. The van der Waals surface area contributed by atoms with Crippen molar-refractivity contribution in [2.24, 2.45) is 7.05 Å². The molecule has 0 spiro atoms. The van der Waals surface area contributed by atoms with Gasteiger partial charge in [-0.05, 0) is 60.2 Å². The Morgan fingerprint density at radius 1 is 1.12 bits per heavy atom. The summed E-state index contributed by atoms with van der Waals surface area (Å²) < 4.78 is 3.50. The third-order valence-corrected chi connectivity index (χ3v) is 6.02. The van der Waals surface area contributed by atoms with E-state index in [9.17, 15) is 9.90 Å². The summed E-state index contributed by atoms with van der Waals surface area (Å²) in [5.74, 6) is -0.235. The van der Waals surface area contributed by atoms with Crippen molar-refractivity contribution in [2.75, 3.05) is 5.32 Å². The van der Waals surface area contributed by atoms with Crippen LogP contribution in [0.4, 0.5) is 5.69 Å². The van der Waals surface area contributed by atoms with Crippen LogP contribution in [0, 0.1) is 13.8 Å². The molecule has 2 aromatic carbocycles. The Morgan fingerprint density at radius 3 is 2.53 bits per heavy atom. The van der Waals surface area contributed by atoms with Crippen molar-refractivity contribution in [3.8, 4) is 16.9 Å². The summed E-state index contributed by atoms with van der Waals surface area (Å²) in [6.45, 7) is 10.1. The molecule has 176 valence electrons. The van der Waals surface area contributed by atoms with E-state index in [2.05, 4.69) is 41.5 Å². The number of rotatable bonds is 5. The summed E-state index contributed by atoms with van der Waals surface area (Å²) in [7, 11) is 1.89. The Kier molecular flexibility index (Phi) is 6.10. The average Bonchev–Trinajstić information content (AvgIpc) is 3.41. The van der Waals surface area contributed by atoms with E-state index < -0.39 is 0 Å². The highest BCUT2D eigenvalue weighted by atomic mass is 16.3. The van der Waals surface area contributed by atoms with E-state index in [1.165, 1.54) is 0 Å². The van der Waals surface area contributed by atoms with E-state index in [0.29, 0.717) is 16.8 Å². The molecule has 0 aliphatic carbocycles. The van der Waals surface area contributed by atoms with Gasteiger partial charge >= 0.3 is 0 Å². The quantitative estimate of drug-likeness (QED) is 0.464. The summed E-state index contributed by atoms with van der Waals surface area (Å²) in [5.41, 5.74) is 7.19. The first kappa shape index (κ1) is 23.4. The minimum atomic E-state index is -0.235. The van der Waals surface area contributed by atoms with Crippen molar-refractivity contribution in [3.05, 3.63) is 76.7 Å². The van der Waals surface area contributed by atoms with Crippen LogP contribution in [0.5, 0.6) is 0 Å². The molecule has 2 N–H and O–H groups in total. The molecule has 8 nitrogen and oxygen atoms in total. The Morgan fingerprint density at radius 2 is 1.88 bits per heavy atom. The molecule has 0 unspecified atom stereocenters. The fourth-order valence-corrected chi connectivity index (χ4v) is 3.74. The molecule has 0 radical (unpaired) electrons. The van der Waals surface area contributed by atoms with Crippen LogP contribution < -0.4 is 5.32 Å². The number of nitrogens with zero attached hydrogens (tertiary/aromatic N) is 5. The molecule has 2 aromatic heterocycles. The minimum absolute atomic E-state index is 0.121. The van der Waals surface area contributed by atoms with Gasteiger partial charge in [-0.2, -0.15) is 5.10 Å². The van der Waals surface area contributed by atoms with Gasteiger partial charge in [-0.3, -0.25) is 9.48 Å². The lowest BCUT2D eigenvalue weighted by Gasteiger charge is -2.21. The molecular formula is C26H30N6O2. The van der Waals surface area contributed by atoms with Crippen LogP contribution in [0.25, 0.3) is 16.9 Å². The number of hydrogen-bond acceptors (Lipinski definition) is 5. The first-order chi connectivity index (χ1) is 16.1. The van der Waals surface area contributed by atoms with E-state index in [0.717, 1.165) is 33.8 Å². The van der Waals surface area contributed by atoms with Crippen LogP contribution in [-0.2, 0) is 19.1 Å². The van der Waals surface area contributed by atoms with Gasteiger partial charge in [0, 0.05) is 29.6 Å². The zero-order valence-corrected chi connectivity index (χ0v) is 20.4. The second-order valence-electron chi connectivity index (χ2n) is 9.60. The number of nitrogens with one attached hydrogen (secondary N) is 1. The molecule has 4 rings (SSSR count). The highest BCUT2D eigenvalue weighted by molar-refractivity contribution is 6.04. The lowest BCUT2D eigenvalue weighted by molar-refractivity contribution is 0.102. The molecule has 0 saturated carbocycles. The van der Waals surface area contributed by atoms with Crippen molar-refractivity contribution < 1.29 is 9.90 Å². The number of hydrogen-bond donors (Lipinski definition) is 2. The molecule has 0 saturated heterocycles. The lowest BCUT2D eigenvalue weighted by atomic mass is 9.85. The predicted octanol–water partition coefficient (Wildman–Crippen LogP) is 4.33. The number of benzene rings is 2. The molecule has 0 fully saturated rings. The maximum Gasteiger partial charge on any atom is 0.255 e. The number of carbonyl (C=O) groups is 1. The lowest BCUT2D eigenvalue weighted by Crippen LogP contribution is -2.17. The highest BCUT2D eigenvalue weighted by Gasteiger charge is 2.18. The third kappa shape index (κ3) is 4.63. The third-order valence-electron chi connectivity index (χ3n) is 6.02. The van der Waals surface area contributed by atoms with E-state index in [-0.39, 0.29) is 17.9 Å². The zero-order valence-electron chi connectivity index (χ0n) is 20.4. The fourth-order valence-electron chi connectivity index (χ4n) is 3.74. The highest BCUT2D eigenvalue weighted by Crippen LogP contribution is 2.27. The number of anilines is 1. The molecule has 4 aromatic rings. The van der Waals surface area contributed by atoms with Crippen LogP contribution in [0.15, 0.2) is 48.8 Å². The minimum Gasteiger partial charge on any atom is -0.392 e. The van der Waals surface area contributed by atoms with Gasteiger partial charge in [0.1, 0.15) is 5.69 Å². The van der Waals surface area contributed by atoms with Gasteiger partial charge in [0.2, 0.25) is 0 Å². The van der Waals surface area contributed by atoms with E-state index >= 15 is 0 Å². The summed E-state index contributed by atoms with van der Waals surface area (Å²) in [5, 5.41) is 25.5. The van der Waals surface area contributed by atoms with Crippen molar-refractivity contribution in [1.29, 1.82) is 0 Å². The number of amides is 1. The predicted molar refractivity (Wildman–Crippen MR) is 132 cm³/mol. The monoisotopic (exact) mass is 458 g/mol. The zero-order chi connectivity index (χ0) is 24.6. The first-order valence-electron chi connectivity index (χ1n) is 11.2. The summed E-state index contributed by atoms with van der Waals surface area (Å²) in [4.78, 5) is 13.1. The first-order valence-corrected chi connectivity index (χ1v) is 11.2. The molecule has 0 atom stereocenters. The Bertz CT molecular complexity index is 1360. The van der Waals surface area contributed by atoms with Crippen LogP contribution in [0.1, 0.15) is 53.5 Å². The van der Waals surface area contributed by atoms with Gasteiger partial charge in [0.15, 0.2) is 0 Å². The maximum atomic E-state index is 13.1. The Labute approximate surface area is 199 Å². The number of aliphatic hydroxyl groups is 1. The second-order valence-corrected chi connectivity index (χ2v) is 9.60. The van der Waals surface area contributed by atoms with E-state index in [4.69, 9.17) is 0 Å². The van der Waals surface area contributed by atoms with Crippen molar-refractivity contribution in [1.82, 2.24) is 24.8 Å². The molecular weight excluding hydrogens is 428 g/mol. The SMILES string of the molecule is Cc1ccc(NC(=O)c2cc(CO)cc(C(C)(C)C)c2)cc1-n1cc(-c2cnn(C)c2C)nn1. The topological polar surface area (TPSA) is 97.9 Å². The molecule has 0 bridgehead atoms. The van der Waals surface area contributed by atoms with Crippen molar-refractivity contribution in [3.63, 3.8) is 0 Å². The van der Waals surface area contributed by atoms with Gasteiger partial charge in [0.05, 0.1) is 24.7 Å². The van der Waals surface area contributed by atoms with Crippen molar-refractivity contribution in [2.45, 2.75) is 46.6 Å². The second kappa shape index (κ2) is 8.87. The molecule has 8 heteroatoms. The van der Waals surface area contributed by atoms with Crippen LogP contribution in [0.2, 0.25) is 0 Å². The normalized spacial score (nSPS) is 11.6. The number of aliphatic hydroxyl groups excluding tert-OH is 1. The molecule has 34 heavy (non-hydrogen) atoms. The van der Waals surface area contributed by atoms with Crippen LogP contribution in [-0.4, -0.2) is 35.8 Å². The van der Waals surface area contributed by atoms with Gasteiger partial charge in [-0.25, -0.2) is 4.68 Å². The summed E-state index contributed by atoms with van der Waals surface area (Å²) in [6.07, 6.45) is 3.64. The van der Waals surface area contributed by atoms with Crippen molar-refractivity contribution >= 4 is 11.6 Å². The largest absolute Gasteiger partial charge is 0.392 e. The number of aromatic nitrogens is 5. The van der Waals surface area contributed by atoms with Crippen LogP contribution >= 0.6 is 0 Å². The maximum absolute atomic E-state index is 13.1. The van der Waals surface area contributed by atoms with Crippen LogP contribution in [0.3, 0.4) is 0 Å². The van der Waals surface area contributed by atoms with Gasteiger partial charge in [0.25, 0.3) is 5.91 Å². The van der Waals surface area contributed by atoms with Gasteiger partial charge in [-0.15, -0.1) is 5.10 Å². The molecule has 0 aliphatic heterocycles. The van der Waals surface area contributed by atoms with E-state index in [1.807, 2.05) is 57.4 Å². The van der Waals surface area contributed by atoms with Gasteiger partial charge < -0.3 is 10.4 Å². The van der Waals surface area contributed by atoms with Gasteiger partial charge in [-0.1, -0.05) is 38.1 Å². The summed E-state index contributed by atoms with van der Waals surface area (Å²) >= 11 is 0.